The number of benzene rings is 1. The Labute approximate surface area is 104 Å². The fourth-order valence-electron chi connectivity index (χ4n) is 1.44. The van der Waals surface area contributed by atoms with Gasteiger partial charge in [0.15, 0.2) is 0 Å². The number of hydrogen-bond donors (Lipinski definition) is 1. The Morgan fingerprint density at radius 3 is 2.69 bits per heavy atom. The molecule has 0 saturated carbocycles. The molecule has 0 amide bonds. The molecule has 2 aromatic rings. The molecule has 0 unspecified atom stereocenters. The Kier molecular flexibility index (Phi) is 3.62. The van der Waals surface area contributed by atoms with Crippen molar-refractivity contribution in [1.82, 2.24) is 9.78 Å². The molecule has 84 valence electrons. The van der Waals surface area contributed by atoms with Crippen LogP contribution < -0.4 is 5.32 Å². The molecule has 0 aliphatic heterocycles. The van der Waals surface area contributed by atoms with Crippen LogP contribution in [0.1, 0.15) is 12.5 Å². The molecule has 0 spiro atoms. The van der Waals surface area contributed by atoms with Gasteiger partial charge in [-0.3, -0.25) is 4.68 Å². The summed E-state index contributed by atoms with van der Waals surface area (Å²) in [5, 5.41) is 7.58. The molecule has 2 rings (SSSR count). The second kappa shape index (κ2) is 5.16. The number of aryl methyl sites for hydroxylation is 1. The predicted octanol–water partition coefficient (Wildman–Crippen LogP) is 3.28. The van der Waals surface area contributed by atoms with Crippen LogP contribution in [0.5, 0.6) is 0 Å². The summed E-state index contributed by atoms with van der Waals surface area (Å²) in [5.74, 6) is 0. The normalized spacial score (nSPS) is 10.4. The van der Waals surface area contributed by atoms with Gasteiger partial charge in [-0.15, -0.1) is 0 Å². The molecule has 0 atom stereocenters. The first-order valence-electron chi connectivity index (χ1n) is 5.28. The van der Waals surface area contributed by atoms with Crippen molar-refractivity contribution >= 4 is 21.6 Å². The summed E-state index contributed by atoms with van der Waals surface area (Å²) in [6.45, 7) is 3.80. The molecule has 0 bridgehead atoms. The van der Waals surface area contributed by atoms with Gasteiger partial charge in [0.05, 0.1) is 6.20 Å². The molecule has 1 aromatic carbocycles. The first kappa shape index (κ1) is 11.2. The molecular weight excluding hydrogens is 266 g/mol. The molecule has 1 heterocycles. The lowest BCUT2D eigenvalue weighted by molar-refractivity contribution is 0.659. The van der Waals surface area contributed by atoms with Crippen molar-refractivity contribution in [2.24, 2.45) is 0 Å². The van der Waals surface area contributed by atoms with Crippen LogP contribution in [-0.2, 0) is 13.1 Å². The van der Waals surface area contributed by atoms with Gasteiger partial charge < -0.3 is 5.32 Å². The summed E-state index contributed by atoms with van der Waals surface area (Å²) in [4.78, 5) is 0. The molecule has 3 nitrogen and oxygen atoms in total. The fourth-order valence-corrected chi connectivity index (χ4v) is 1.71. The van der Waals surface area contributed by atoms with E-state index in [9.17, 15) is 0 Å². The van der Waals surface area contributed by atoms with Crippen molar-refractivity contribution in [2.45, 2.75) is 20.0 Å². The van der Waals surface area contributed by atoms with Gasteiger partial charge in [0.2, 0.25) is 0 Å². The van der Waals surface area contributed by atoms with E-state index in [0.717, 1.165) is 23.2 Å². The van der Waals surface area contributed by atoms with E-state index in [-0.39, 0.29) is 0 Å². The second-order valence-electron chi connectivity index (χ2n) is 3.56. The third kappa shape index (κ3) is 2.85. The zero-order valence-electron chi connectivity index (χ0n) is 9.15. The predicted molar refractivity (Wildman–Crippen MR) is 69.4 cm³/mol. The first-order valence-corrected chi connectivity index (χ1v) is 6.08. The maximum atomic E-state index is 4.23. The summed E-state index contributed by atoms with van der Waals surface area (Å²) in [7, 11) is 0. The van der Waals surface area contributed by atoms with E-state index in [2.05, 4.69) is 39.5 Å². The third-order valence-electron chi connectivity index (χ3n) is 2.35. The molecular formula is C12H14BrN3. The summed E-state index contributed by atoms with van der Waals surface area (Å²) < 4.78 is 3.02. The average molecular weight is 280 g/mol. The Morgan fingerprint density at radius 1 is 1.31 bits per heavy atom. The quantitative estimate of drug-likeness (QED) is 0.931. The van der Waals surface area contributed by atoms with E-state index in [4.69, 9.17) is 0 Å². The van der Waals surface area contributed by atoms with E-state index in [1.165, 1.54) is 5.56 Å². The number of halogens is 1. The largest absolute Gasteiger partial charge is 0.381 e. The molecule has 0 fully saturated rings. The van der Waals surface area contributed by atoms with Gasteiger partial charge in [-0.1, -0.05) is 15.9 Å². The van der Waals surface area contributed by atoms with E-state index in [1.807, 2.05) is 35.1 Å². The maximum absolute atomic E-state index is 4.23. The van der Waals surface area contributed by atoms with Crippen LogP contribution >= 0.6 is 15.9 Å². The Hall–Kier alpha value is -1.29. The van der Waals surface area contributed by atoms with Crippen molar-refractivity contribution in [3.05, 3.63) is 46.7 Å². The highest BCUT2D eigenvalue weighted by atomic mass is 79.9. The van der Waals surface area contributed by atoms with E-state index >= 15 is 0 Å². The molecule has 0 aliphatic carbocycles. The van der Waals surface area contributed by atoms with Crippen LogP contribution in [0.25, 0.3) is 0 Å². The molecule has 1 N–H and O–H groups in total. The van der Waals surface area contributed by atoms with Crippen molar-refractivity contribution < 1.29 is 0 Å². The van der Waals surface area contributed by atoms with E-state index in [0.29, 0.717) is 0 Å². The maximum Gasteiger partial charge on any atom is 0.0539 e. The highest BCUT2D eigenvalue weighted by Crippen LogP contribution is 2.14. The van der Waals surface area contributed by atoms with Crippen LogP contribution in [0.3, 0.4) is 0 Å². The number of anilines is 1. The lowest BCUT2D eigenvalue weighted by atomic mass is 10.3. The SMILES string of the molecule is CCn1cc(CNc2ccc(Br)cc2)cn1. The number of aromatic nitrogens is 2. The van der Waals surface area contributed by atoms with Crippen molar-refractivity contribution in [3.8, 4) is 0 Å². The minimum absolute atomic E-state index is 0.807. The second-order valence-corrected chi connectivity index (χ2v) is 4.48. The highest BCUT2D eigenvalue weighted by Gasteiger charge is 1.97. The van der Waals surface area contributed by atoms with Gasteiger partial charge in [-0.05, 0) is 31.2 Å². The zero-order valence-corrected chi connectivity index (χ0v) is 10.7. The fraction of sp³-hybridized carbons (Fsp3) is 0.250. The lowest BCUT2D eigenvalue weighted by Crippen LogP contribution is -1.98. The number of nitrogens with zero attached hydrogens (tertiary/aromatic N) is 2. The minimum atomic E-state index is 0.807. The average Bonchev–Trinajstić information content (AvgIpc) is 2.76. The Bertz CT molecular complexity index is 448. The number of rotatable bonds is 4. The van der Waals surface area contributed by atoms with Crippen molar-refractivity contribution in [2.75, 3.05) is 5.32 Å². The molecule has 1 aromatic heterocycles. The van der Waals surface area contributed by atoms with E-state index < -0.39 is 0 Å². The van der Waals surface area contributed by atoms with Crippen LogP contribution in [0, 0.1) is 0 Å². The van der Waals surface area contributed by atoms with Gasteiger partial charge >= 0.3 is 0 Å². The van der Waals surface area contributed by atoms with Crippen LogP contribution in [0.4, 0.5) is 5.69 Å². The zero-order chi connectivity index (χ0) is 11.4. The van der Waals surface area contributed by atoms with Crippen LogP contribution in [0.2, 0.25) is 0 Å². The Balaban J connectivity index is 1.94. The lowest BCUT2D eigenvalue weighted by Gasteiger charge is -2.04. The van der Waals surface area contributed by atoms with Gasteiger partial charge in [-0.25, -0.2) is 0 Å². The van der Waals surface area contributed by atoms with Crippen molar-refractivity contribution in [3.63, 3.8) is 0 Å². The highest BCUT2D eigenvalue weighted by molar-refractivity contribution is 9.10. The van der Waals surface area contributed by atoms with Crippen LogP contribution in [-0.4, -0.2) is 9.78 Å². The standard InChI is InChI=1S/C12H14BrN3/c1-2-16-9-10(8-15-16)7-14-12-5-3-11(13)4-6-12/h3-6,8-9,14H,2,7H2,1H3. The summed E-state index contributed by atoms with van der Waals surface area (Å²) in [6, 6.07) is 8.15. The van der Waals surface area contributed by atoms with Gasteiger partial charge in [0.1, 0.15) is 0 Å². The monoisotopic (exact) mass is 279 g/mol. The number of hydrogen-bond acceptors (Lipinski definition) is 2. The van der Waals surface area contributed by atoms with Gasteiger partial charge in [0.25, 0.3) is 0 Å². The number of nitrogens with one attached hydrogen (secondary N) is 1. The molecule has 0 radical (unpaired) electrons. The van der Waals surface area contributed by atoms with Gasteiger partial charge in [-0.2, -0.15) is 5.10 Å². The summed E-state index contributed by atoms with van der Waals surface area (Å²) in [6.07, 6.45) is 3.96. The molecule has 4 heteroatoms. The topological polar surface area (TPSA) is 29.9 Å². The first-order chi connectivity index (χ1) is 7.78. The molecule has 0 saturated heterocycles. The van der Waals surface area contributed by atoms with Crippen LogP contribution in [0.15, 0.2) is 41.1 Å². The van der Waals surface area contributed by atoms with Gasteiger partial charge in [0, 0.05) is 35.0 Å². The molecule has 0 aliphatic rings. The summed E-state index contributed by atoms with van der Waals surface area (Å²) >= 11 is 3.41. The van der Waals surface area contributed by atoms with E-state index in [1.54, 1.807) is 0 Å². The summed E-state index contributed by atoms with van der Waals surface area (Å²) in [5.41, 5.74) is 2.32. The van der Waals surface area contributed by atoms with Crippen molar-refractivity contribution in [1.29, 1.82) is 0 Å². The smallest absolute Gasteiger partial charge is 0.0539 e. The molecule has 16 heavy (non-hydrogen) atoms. The Morgan fingerprint density at radius 2 is 2.06 bits per heavy atom. The minimum Gasteiger partial charge on any atom is -0.381 e. The third-order valence-corrected chi connectivity index (χ3v) is 2.88.